The third-order valence-electron chi connectivity index (χ3n) is 3.87. The van der Waals surface area contributed by atoms with Gasteiger partial charge in [-0.05, 0) is 43.0 Å². The van der Waals surface area contributed by atoms with Gasteiger partial charge in [-0.1, -0.05) is 49.7 Å². The summed E-state index contributed by atoms with van der Waals surface area (Å²) in [5.41, 5.74) is 2.68. The van der Waals surface area contributed by atoms with Gasteiger partial charge in [0.25, 0.3) is 0 Å². The number of rotatable bonds is 7. The van der Waals surface area contributed by atoms with Crippen LogP contribution in [0.1, 0.15) is 40.2 Å². The second kappa shape index (κ2) is 8.04. The van der Waals surface area contributed by atoms with Gasteiger partial charge in [-0.3, -0.25) is 0 Å². The first-order valence-corrected chi connectivity index (χ1v) is 8.34. The van der Waals surface area contributed by atoms with E-state index in [1.807, 2.05) is 0 Å². The number of hydrogen-bond acceptors (Lipinski definition) is 2. The summed E-state index contributed by atoms with van der Waals surface area (Å²) in [6, 6.07) is 7.10. The Bertz CT molecular complexity index is 415. The molecule has 0 aliphatic heterocycles. The Hall–Kier alpha value is -0.540. The fourth-order valence-corrected chi connectivity index (χ4v) is 2.53. The zero-order chi connectivity index (χ0) is 15.3. The normalized spacial score (nSPS) is 13.1. The molecule has 20 heavy (non-hydrogen) atoms. The minimum atomic E-state index is 0.521. The van der Waals surface area contributed by atoms with Crippen LogP contribution < -0.4 is 10.2 Å². The van der Waals surface area contributed by atoms with Crippen molar-refractivity contribution in [3.8, 4) is 0 Å². The van der Waals surface area contributed by atoms with E-state index in [0.717, 1.165) is 17.6 Å². The Kier molecular flexibility index (Phi) is 7.04. The van der Waals surface area contributed by atoms with Gasteiger partial charge < -0.3 is 10.2 Å². The molecule has 1 aromatic rings. The summed E-state index contributed by atoms with van der Waals surface area (Å²) < 4.78 is 1.14. The molecule has 3 heteroatoms. The first-order valence-electron chi connectivity index (χ1n) is 7.55. The summed E-state index contributed by atoms with van der Waals surface area (Å²) in [5, 5.41) is 3.54. The molecular weight excluding hydrogens is 312 g/mol. The number of benzene rings is 1. The van der Waals surface area contributed by atoms with Crippen molar-refractivity contribution in [1.82, 2.24) is 5.32 Å². The van der Waals surface area contributed by atoms with E-state index in [2.05, 4.69) is 86.0 Å². The van der Waals surface area contributed by atoms with Crippen molar-refractivity contribution in [3.63, 3.8) is 0 Å². The van der Waals surface area contributed by atoms with Crippen LogP contribution in [0.5, 0.6) is 0 Å². The fraction of sp³-hybridized carbons (Fsp3) is 0.647. The predicted octanol–water partition coefficient (Wildman–Crippen LogP) is 4.68. The van der Waals surface area contributed by atoms with Crippen LogP contribution in [0.25, 0.3) is 0 Å². The van der Waals surface area contributed by atoms with Gasteiger partial charge in [0.15, 0.2) is 0 Å². The summed E-state index contributed by atoms with van der Waals surface area (Å²) in [7, 11) is 2.19. The van der Waals surface area contributed by atoms with Crippen LogP contribution in [0, 0.1) is 11.8 Å². The monoisotopic (exact) mass is 340 g/mol. The zero-order valence-corrected chi connectivity index (χ0v) is 15.3. The highest BCUT2D eigenvalue weighted by Gasteiger charge is 2.16. The van der Waals surface area contributed by atoms with Gasteiger partial charge in [0.05, 0.1) is 0 Å². The van der Waals surface area contributed by atoms with Crippen LogP contribution in [0.15, 0.2) is 22.7 Å². The van der Waals surface area contributed by atoms with Crippen LogP contribution in [0.2, 0.25) is 0 Å². The van der Waals surface area contributed by atoms with E-state index in [-0.39, 0.29) is 0 Å². The van der Waals surface area contributed by atoms with Crippen LogP contribution in [0.3, 0.4) is 0 Å². The molecule has 0 aliphatic carbocycles. The minimum absolute atomic E-state index is 0.521. The van der Waals surface area contributed by atoms with E-state index in [9.17, 15) is 0 Å². The molecule has 0 spiro atoms. The molecule has 0 amide bonds. The molecule has 1 unspecified atom stereocenters. The quantitative estimate of drug-likeness (QED) is 0.775. The van der Waals surface area contributed by atoms with Gasteiger partial charge in [0, 0.05) is 29.8 Å². The van der Waals surface area contributed by atoms with Gasteiger partial charge in [0.2, 0.25) is 0 Å². The zero-order valence-electron chi connectivity index (χ0n) is 13.7. The van der Waals surface area contributed by atoms with Crippen LogP contribution >= 0.6 is 15.9 Å². The molecule has 0 fully saturated rings. The molecule has 2 nitrogen and oxygen atoms in total. The second-order valence-corrected chi connectivity index (χ2v) is 7.31. The third-order valence-corrected chi connectivity index (χ3v) is 4.36. The Balaban J connectivity index is 2.89. The number of nitrogens with one attached hydrogen (secondary N) is 1. The maximum absolute atomic E-state index is 3.60. The smallest absolute Gasteiger partial charge is 0.0423 e. The second-order valence-electron chi connectivity index (χ2n) is 6.39. The van der Waals surface area contributed by atoms with Gasteiger partial charge in [-0.25, -0.2) is 0 Å². The van der Waals surface area contributed by atoms with Crippen molar-refractivity contribution in [2.45, 2.75) is 47.2 Å². The van der Waals surface area contributed by atoms with Gasteiger partial charge in [-0.15, -0.1) is 0 Å². The minimum Gasteiger partial charge on any atom is -0.371 e. The standard InChI is InChI=1S/C17H29BrN2/c1-12(2)10-19-11-15-7-8-16(18)9-17(15)20(6)14(5)13(3)4/h7-9,12-14,19H,10-11H2,1-6H3. The van der Waals surface area contributed by atoms with E-state index in [4.69, 9.17) is 0 Å². The van der Waals surface area contributed by atoms with Crippen molar-refractivity contribution in [3.05, 3.63) is 28.2 Å². The molecule has 0 saturated heterocycles. The Morgan fingerprint density at radius 2 is 1.80 bits per heavy atom. The number of anilines is 1. The molecule has 114 valence electrons. The largest absolute Gasteiger partial charge is 0.371 e. The van der Waals surface area contributed by atoms with Crippen molar-refractivity contribution in [2.24, 2.45) is 11.8 Å². The van der Waals surface area contributed by atoms with Crippen LogP contribution in [-0.4, -0.2) is 19.6 Å². The summed E-state index contributed by atoms with van der Waals surface area (Å²) in [6.07, 6.45) is 0. The van der Waals surface area contributed by atoms with Gasteiger partial charge >= 0.3 is 0 Å². The van der Waals surface area contributed by atoms with Crippen molar-refractivity contribution >= 4 is 21.6 Å². The van der Waals surface area contributed by atoms with Crippen molar-refractivity contribution in [1.29, 1.82) is 0 Å². The third kappa shape index (κ3) is 5.10. The molecule has 1 atom stereocenters. The molecule has 1 rings (SSSR count). The fourth-order valence-electron chi connectivity index (χ4n) is 2.18. The van der Waals surface area contributed by atoms with Crippen LogP contribution in [0.4, 0.5) is 5.69 Å². The van der Waals surface area contributed by atoms with Crippen LogP contribution in [-0.2, 0) is 6.54 Å². The molecule has 0 aliphatic rings. The molecule has 1 N–H and O–H groups in total. The average molecular weight is 341 g/mol. The highest BCUT2D eigenvalue weighted by molar-refractivity contribution is 9.10. The Morgan fingerprint density at radius 3 is 2.35 bits per heavy atom. The van der Waals surface area contributed by atoms with Crippen molar-refractivity contribution in [2.75, 3.05) is 18.5 Å². The molecule has 0 heterocycles. The number of halogens is 1. The average Bonchev–Trinajstić information content (AvgIpc) is 2.38. The first kappa shape index (κ1) is 17.5. The Morgan fingerprint density at radius 1 is 1.15 bits per heavy atom. The van der Waals surface area contributed by atoms with Crippen molar-refractivity contribution < 1.29 is 0 Å². The molecule has 0 aromatic heterocycles. The summed E-state index contributed by atoms with van der Waals surface area (Å²) in [4.78, 5) is 2.39. The molecule has 0 saturated carbocycles. The van der Waals surface area contributed by atoms with E-state index < -0.39 is 0 Å². The SMILES string of the molecule is CC(C)CNCc1ccc(Br)cc1N(C)C(C)C(C)C. The maximum Gasteiger partial charge on any atom is 0.0423 e. The molecule has 1 aromatic carbocycles. The van der Waals surface area contributed by atoms with E-state index in [1.54, 1.807) is 0 Å². The highest BCUT2D eigenvalue weighted by atomic mass is 79.9. The topological polar surface area (TPSA) is 15.3 Å². The van der Waals surface area contributed by atoms with Gasteiger partial charge in [-0.2, -0.15) is 0 Å². The Labute approximate surface area is 133 Å². The lowest BCUT2D eigenvalue weighted by Crippen LogP contribution is -2.34. The lowest BCUT2D eigenvalue weighted by atomic mass is 10.0. The lowest BCUT2D eigenvalue weighted by Gasteiger charge is -2.32. The predicted molar refractivity (Wildman–Crippen MR) is 93.4 cm³/mol. The highest BCUT2D eigenvalue weighted by Crippen LogP contribution is 2.27. The number of nitrogens with zero attached hydrogens (tertiary/aromatic N) is 1. The van der Waals surface area contributed by atoms with E-state index in [1.165, 1.54) is 11.3 Å². The molecular formula is C17H29BrN2. The maximum atomic E-state index is 3.60. The lowest BCUT2D eigenvalue weighted by molar-refractivity contribution is 0.503. The van der Waals surface area contributed by atoms with E-state index >= 15 is 0 Å². The summed E-state index contributed by atoms with van der Waals surface area (Å²) >= 11 is 3.60. The van der Waals surface area contributed by atoms with E-state index in [0.29, 0.717) is 17.9 Å². The first-order chi connectivity index (χ1) is 9.32. The molecule has 0 radical (unpaired) electrons. The summed E-state index contributed by atoms with van der Waals surface area (Å²) in [6.45, 7) is 13.3. The number of hydrogen-bond donors (Lipinski definition) is 1. The molecule has 0 bridgehead atoms. The van der Waals surface area contributed by atoms with Gasteiger partial charge in [0.1, 0.15) is 0 Å². The summed E-state index contributed by atoms with van der Waals surface area (Å²) in [5.74, 6) is 1.32.